The van der Waals surface area contributed by atoms with Crippen molar-refractivity contribution in [3.63, 3.8) is 0 Å². The lowest BCUT2D eigenvalue weighted by atomic mass is 10.1. The molecular formula is C22H43N3O3. The Balaban J connectivity index is 1.63. The molecule has 0 spiro atoms. The van der Waals surface area contributed by atoms with E-state index in [0.29, 0.717) is 5.91 Å². The second kappa shape index (κ2) is 15.2. The summed E-state index contributed by atoms with van der Waals surface area (Å²) in [7, 11) is 0. The number of ether oxygens (including phenoxy) is 2. The Bertz CT molecular complexity index is 370. The third-order valence-corrected chi connectivity index (χ3v) is 5.86. The molecular weight excluding hydrogens is 354 g/mol. The van der Waals surface area contributed by atoms with Crippen LogP contribution in [0.3, 0.4) is 0 Å². The molecule has 2 heterocycles. The highest BCUT2D eigenvalue weighted by Crippen LogP contribution is 2.09. The number of hydrogen-bond acceptors (Lipinski definition) is 5. The van der Waals surface area contributed by atoms with Crippen LogP contribution in [0.15, 0.2) is 0 Å². The van der Waals surface area contributed by atoms with Crippen LogP contribution in [0.2, 0.25) is 0 Å². The summed E-state index contributed by atoms with van der Waals surface area (Å²) < 4.78 is 10.8. The van der Waals surface area contributed by atoms with Gasteiger partial charge in [0, 0.05) is 45.7 Å². The van der Waals surface area contributed by atoms with E-state index >= 15 is 0 Å². The fraction of sp³-hybridized carbons (Fsp3) is 0.955. The molecule has 0 bridgehead atoms. The predicted octanol–water partition coefficient (Wildman–Crippen LogP) is 2.62. The van der Waals surface area contributed by atoms with Crippen LogP contribution in [0.25, 0.3) is 0 Å². The standard InChI is InChI=1S/C22H43N3O3/c1-2-3-4-9-22(26)25(12-7-5-10-23-14-18-27-19-15-23)13-8-6-11-24-16-20-28-21-17-24/h2-21H2,1H3. The minimum Gasteiger partial charge on any atom is -0.379 e. The maximum absolute atomic E-state index is 12.7. The Hall–Kier alpha value is -0.690. The van der Waals surface area contributed by atoms with Gasteiger partial charge in [-0.05, 0) is 45.2 Å². The highest BCUT2D eigenvalue weighted by atomic mass is 16.5. The summed E-state index contributed by atoms with van der Waals surface area (Å²) in [4.78, 5) is 19.8. The minimum absolute atomic E-state index is 0.367. The molecule has 0 radical (unpaired) electrons. The lowest BCUT2D eigenvalue weighted by molar-refractivity contribution is -0.131. The molecule has 0 saturated carbocycles. The quantitative estimate of drug-likeness (QED) is 0.422. The zero-order chi connectivity index (χ0) is 19.9. The molecule has 2 saturated heterocycles. The van der Waals surface area contributed by atoms with Crippen LogP contribution < -0.4 is 0 Å². The number of nitrogens with zero attached hydrogens (tertiary/aromatic N) is 3. The molecule has 0 aromatic rings. The number of rotatable bonds is 14. The first-order valence-corrected chi connectivity index (χ1v) is 11.7. The number of morpholine rings is 2. The second-order valence-corrected chi connectivity index (χ2v) is 8.16. The van der Waals surface area contributed by atoms with Gasteiger partial charge in [-0.1, -0.05) is 19.8 Å². The van der Waals surface area contributed by atoms with Crippen molar-refractivity contribution in [2.24, 2.45) is 0 Å². The molecule has 2 aliphatic rings. The monoisotopic (exact) mass is 397 g/mol. The molecule has 2 aliphatic heterocycles. The van der Waals surface area contributed by atoms with Crippen molar-refractivity contribution >= 4 is 5.91 Å². The lowest BCUT2D eigenvalue weighted by Crippen LogP contribution is -2.38. The van der Waals surface area contributed by atoms with Gasteiger partial charge in [-0.2, -0.15) is 0 Å². The average molecular weight is 398 g/mol. The maximum Gasteiger partial charge on any atom is 0.222 e. The molecule has 6 heteroatoms. The summed E-state index contributed by atoms with van der Waals surface area (Å²) in [6.45, 7) is 14.0. The van der Waals surface area contributed by atoms with Crippen molar-refractivity contribution in [2.45, 2.75) is 58.3 Å². The van der Waals surface area contributed by atoms with Crippen molar-refractivity contribution in [3.8, 4) is 0 Å². The van der Waals surface area contributed by atoms with Crippen LogP contribution >= 0.6 is 0 Å². The summed E-state index contributed by atoms with van der Waals surface area (Å²) in [6, 6.07) is 0. The molecule has 2 fully saturated rings. The van der Waals surface area contributed by atoms with Gasteiger partial charge in [0.1, 0.15) is 0 Å². The number of hydrogen-bond donors (Lipinski definition) is 0. The molecule has 2 rings (SSSR count). The zero-order valence-electron chi connectivity index (χ0n) is 18.2. The molecule has 0 atom stereocenters. The van der Waals surface area contributed by atoms with Crippen molar-refractivity contribution in [1.82, 2.24) is 14.7 Å². The highest BCUT2D eigenvalue weighted by molar-refractivity contribution is 5.76. The van der Waals surface area contributed by atoms with Gasteiger partial charge in [-0.25, -0.2) is 0 Å². The summed E-state index contributed by atoms with van der Waals surface area (Å²) in [5.41, 5.74) is 0. The molecule has 6 nitrogen and oxygen atoms in total. The molecule has 28 heavy (non-hydrogen) atoms. The molecule has 0 N–H and O–H groups in total. The molecule has 0 aliphatic carbocycles. The van der Waals surface area contributed by atoms with E-state index in [-0.39, 0.29) is 0 Å². The summed E-state index contributed by atoms with van der Waals surface area (Å²) in [5, 5.41) is 0. The Kier molecular flexibility index (Phi) is 12.8. The number of carbonyl (C=O) groups is 1. The van der Waals surface area contributed by atoms with Gasteiger partial charge < -0.3 is 14.4 Å². The van der Waals surface area contributed by atoms with E-state index in [1.807, 2.05) is 0 Å². The maximum atomic E-state index is 12.7. The first kappa shape index (κ1) is 23.6. The lowest BCUT2D eigenvalue weighted by Gasteiger charge is -2.28. The molecule has 164 valence electrons. The second-order valence-electron chi connectivity index (χ2n) is 8.16. The Morgan fingerprint density at radius 3 is 1.71 bits per heavy atom. The molecule has 0 unspecified atom stereocenters. The Labute approximate surface area is 172 Å². The fourth-order valence-corrected chi connectivity index (χ4v) is 3.97. The van der Waals surface area contributed by atoms with Crippen LogP contribution in [-0.4, -0.2) is 99.4 Å². The van der Waals surface area contributed by atoms with Crippen molar-refractivity contribution in [1.29, 1.82) is 0 Å². The zero-order valence-corrected chi connectivity index (χ0v) is 18.2. The molecule has 0 aromatic heterocycles. The number of amides is 1. The van der Waals surface area contributed by atoms with Gasteiger partial charge in [0.25, 0.3) is 0 Å². The Morgan fingerprint density at radius 1 is 0.750 bits per heavy atom. The highest BCUT2D eigenvalue weighted by Gasteiger charge is 2.15. The minimum atomic E-state index is 0.367. The summed E-state index contributed by atoms with van der Waals surface area (Å²) in [5.74, 6) is 0.367. The van der Waals surface area contributed by atoms with E-state index < -0.39 is 0 Å². The molecule has 0 aromatic carbocycles. The van der Waals surface area contributed by atoms with Crippen LogP contribution in [0.5, 0.6) is 0 Å². The van der Waals surface area contributed by atoms with E-state index in [4.69, 9.17) is 9.47 Å². The van der Waals surface area contributed by atoms with Crippen LogP contribution in [0.4, 0.5) is 0 Å². The fourth-order valence-electron chi connectivity index (χ4n) is 3.97. The van der Waals surface area contributed by atoms with Gasteiger partial charge in [-0.3, -0.25) is 14.6 Å². The van der Waals surface area contributed by atoms with Crippen molar-refractivity contribution in [3.05, 3.63) is 0 Å². The van der Waals surface area contributed by atoms with Gasteiger partial charge in [0.05, 0.1) is 26.4 Å². The van der Waals surface area contributed by atoms with Gasteiger partial charge in [0.2, 0.25) is 5.91 Å². The van der Waals surface area contributed by atoms with Gasteiger partial charge in [-0.15, -0.1) is 0 Å². The topological polar surface area (TPSA) is 45.2 Å². The summed E-state index contributed by atoms with van der Waals surface area (Å²) >= 11 is 0. The van der Waals surface area contributed by atoms with E-state index in [1.54, 1.807) is 0 Å². The summed E-state index contributed by atoms with van der Waals surface area (Å²) in [6.07, 6.45) is 8.66. The average Bonchev–Trinajstić information content (AvgIpc) is 2.74. The van der Waals surface area contributed by atoms with Crippen molar-refractivity contribution < 1.29 is 14.3 Å². The number of unbranched alkanes of at least 4 members (excludes halogenated alkanes) is 4. The SMILES string of the molecule is CCCCCC(=O)N(CCCCN1CCOCC1)CCCCN1CCOCC1. The smallest absolute Gasteiger partial charge is 0.222 e. The third-order valence-electron chi connectivity index (χ3n) is 5.86. The first-order valence-electron chi connectivity index (χ1n) is 11.7. The first-order chi connectivity index (χ1) is 13.8. The van der Waals surface area contributed by atoms with E-state index in [2.05, 4.69) is 21.6 Å². The Morgan fingerprint density at radius 2 is 1.25 bits per heavy atom. The predicted molar refractivity (Wildman–Crippen MR) is 114 cm³/mol. The van der Waals surface area contributed by atoms with Crippen LogP contribution in [-0.2, 0) is 14.3 Å². The third kappa shape index (κ3) is 10.2. The largest absolute Gasteiger partial charge is 0.379 e. The molecule has 1 amide bonds. The van der Waals surface area contributed by atoms with E-state index in [0.717, 1.165) is 111 Å². The van der Waals surface area contributed by atoms with Gasteiger partial charge in [0.15, 0.2) is 0 Å². The van der Waals surface area contributed by atoms with E-state index in [1.165, 1.54) is 19.3 Å². The van der Waals surface area contributed by atoms with E-state index in [9.17, 15) is 4.79 Å². The van der Waals surface area contributed by atoms with Crippen molar-refractivity contribution in [2.75, 3.05) is 78.8 Å². The van der Waals surface area contributed by atoms with Gasteiger partial charge >= 0.3 is 0 Å². The number of carbonyl (C=O) groups excluding carboxylic acids is 1. The van der Waals surface area contributed by atoms with Crippen LogP contribution in [0.1, 0.15) is 58.3 Å². The van der Waals surface area contributed by atoms with Crippen LogP contribution in [0, 0.1) is 0 Å². The normalized spacial score (nSPS) is 19.0.